The molecule has 1 saturated carbocycles. The largest absolute Gasteiger partial charge is 0.377 e. The lowest BCUT2D eigenvalue weighted by molar-refractivity contribution is 0.0918. The minimum Gasteiger partial charge on any atom is -0.377 e. The number of nitrogens with one attached hydrogen (secondary N) is 1. The zero-order valence-corrected chi connectivity index (χ0v) is 14.9. The van der Waals surface area contributed by atoms with E-state index in [1.54, 1.807) is 12.1 Å². The van der Waals surface area contributed by atoms with Gasteiger partial charge in [-0.2, -0.15) is 0 Å². The maximum atomic E-state index is 13.2. The number of Topliss-reactive ketones (excluding diaryl/α,β-unsaturated/α-hetero) is 2. The minimum atomic E-state index is -0.0179. The van der Waals surface area contributed by atoms with Gasteiger partial charge in [0, 0.05) is 30.3 Å². The summed E-state index contributed by atoms with van der Waals surface area (Å²) in [5.74, 6) is 0.672. The fourth-order valence-electron chi connectivity index (χ4n) is 4.30. The summed E-state index contributed by atoms with van der Waals surface area (Å²) in [5, 5.41) is 3.47. The second-order valence-electron chi connectivity index (χ2n) is 7.72. The van der Waals surface area contributed by atoms with Crippen LogP contribution in [0.15, 0.2) is 35.7 Å². The molecule has 1 saturated heterocycles. The number of allylic oxidation sites excluding steroid dienone is 2. The fourth-order valence-corrected chi connectivity index (χ4v) is 4.30. The first-order valence-corrected chi connectivity index (χ1v) is 9.59. The van der Waals surface area contributed by atoms with E-state index in [-0.39, 0.29) is 11.6 Å². The summed E-state index contributed by atoms with van der Waals surface area (Å²) >= 11 is 0. The smallest absolute Gasteiger partial charge is 0.212 e. The van der Waals surface area contributed by atoms with Crippen LogP contribution in [0.5, 0.6) is 0 Å². The van der Waals surface area contributed by atoms with Crippen molar-refractivity contribution in [2.45, 2.75) is 51.5 Å². The molecule has 4 heteroatoms. The predicted molar refractivity (Wildman–Crippen MR) is 97.5 cm³/mol. The standard InChI is InChI=1S/C21H26N2O2/c1-14-10-12-23(13-11-14)19-18(22-15-6-2-3-7-15)20(24)16-8-4-5-9-17(16)21(19)25/h4-5,8-9,14-15,22H,2-3,6-7,10-13H2,1H3. The third-order valence-corrected chi connectivity index (χ3v) is 5.90. The SMILES string of the molecule is CC1CCN(C2=C(NC3CCCC3)C(=O)c3ccccc3C2=O)CC1. The maximum absolute atomic E-state index is 13.2. The highest BCUT2D eigenvalue weighted by Crippen LogP contribution is 2.31. The van der Waals surface area contributed by atoms with Crippen molar-refractivity contribution in [1.29, 1.82) is 0 Å². The van der Waals surface area contributed by atoms with Crippen molar-refractivity contribution in [2.24, 2.45) is 5.92 Å². The number of fused-ring (bicyclic) bond motifs is 1. The van der Waals surface area contributed by atoms with E-state index in [1.165, 1.54) is 12.8 Å². The van der Waals surface area contributed by atoms with Crippen LogP contribution in [0.3, 0.4) is 0 Å². The maximum Gasteiger partial charge on any atom is 0.212 e. The molecule has 0 spiro atoms. The number of carbonyl (C=O) groups excluding carboxylic acids is 2. The van der Waals surface area contributed by atoms with Crippen LogP contribution in [0.1, 0.15) is 66.2 Å². The average Bonchev–Trinajstić information content (AvgIpc) is 3.14. The Balaban J connectivity index is 1.74. The molecule has 0 atom stereocenters. The van der Waals surface area contributed by atoms with E-state index in [9.17, 15) is 9.59 Å². The number of likely N-dealkylation sites (tertiary alicyclic amines) is 1. The summed E-state index contributed by atoms with van der Waals surface area (Å²) < 4.78 is 0. The van der Waals surface area contributed by atoms with E-state index in [0.29, 0.717) is 34.5 Å². The molecule has 1 aromatic carbocycles. The molecule has 3 aliphatic rings. The van der Waals surface area contributed by atoms with Gasteiger partial charge in [-0.1, -0.05) is 44.0 Å². The van der Waals surface area contributed by atoms with Crippen molar-refractivity contribution in [3.8, 4) is 0 Å². The van der Waals surface area contributed by atoms with E-state index in [0.717, 1.165) is 38.8 Å². The van der Waals surface area contributed by atoms with Crippen LogP contribution in [-0.4, -0.2) is 35.6 Å². The summed E-state index contributed by atoms with van der Waals surface area (Å²) in [6.07, 6.45) is 6.70. The predicted octanol–water partition coefficient (Wildman–Crippen LogP) is 3.54. The minimum absolute atomic E-state index is 0.00486. The first-order valence-electron chi connectivity index (χ1n) is 9.59. The van der Waals surface area contributed by atoms with Crippen molar-refractivity contribution in [3.05, 3.63) is 46.8 Å². The van der Waals surface area contributed by atoms with Crippen molar-refractivity contribution in [2.75, 3.05) is 13.1 Å². The molecule has 132 valence electrons. The number of nitrogens with zero attached hydrogens (tertiary/aromatic N) is 1. The number of piperidine rings is 1. The molecule has 25 heavy (non-hydrogen) atoms. The Morgan fingerprint density at radius 2 is 1.52 bits per heavy atom. The molecule has 1 N–H and O–H groups in total. The highest BCUT2D eigenvalue weighted by atomic mass is 16.1. The molecule has 0 unspecified atom stereocenters. The van der Waals surface area contributed by atoms with E-state index in [1.807, 2.05) is 12.1 Å². The number of hydrogen-bond acceptors (Lipinski definition) is 4. The van der Waals surface area contributed by atoms with Crippen LogP contribution in [-0.2, 0) is 0 Å². The lowest BCUT2D eigenvalue weighted by Crippen LogP contribution is -2.43. The molecule has 4 nitrogen and oxygen atoms in total. The molecular formula is C21H26N2O2. The van der Waals surface area contributed by atoms with Gasteiger partial charge in [0.15, 0.2) is 0 Å². The summed E-state index contributed by atoms with van der Waals surface area (Å²) in [7, 11) is 0. The molecule has 0 radical (unpaired) electrons. The molecule has 0 aromatic heterocycles. The molecule has 4 rings (SSSR count). The number of carbonyl (C=O) groups is 2. The van der Waals surface area contributed by atoms with Crippen LogP contribution in [0.25, 0.3) is 0 Å². The first kappa shape index (κ1) is 16.4. The molecule has 0 bridgehead atoms. The Bertz CT molecular complexity index is 723. The molecular weight excluding hydrogens is 312 g/mol. The van der Waals surface area contributed by atoms with E-state index >= 15 is 0 Å². The molecule has 0 amide bonds. The number of ketones is 2. The highest BCUT2D eigenvalue weighted by molar-refractivity contribution is 6.26. The molecule has 1 heterocycles. The van der Waals surface area contributed by atoms with E-state index in [4.69, 9.17) is 0 Å². The van der Waals surface area contributed by atoms with Gasteiger partial charge in [0.1, 0.15) is 11.4 Å². The number of benzene rings is 1. The van der Waals surface area contributed by atoms with Crippen LogP contribution >= 0.6 is 0 Å². The van der Waals surface area contributed by atoms with Crippen LogP contribution in [0.2, 0.25) is 0 Å². The summed E-state index contributed by atoms with van der Waals surface area (Å²) in [6.45, 7) is 3.97. The zero-order chi connectivity index (χ0) is 17.4. The number of rotatable bonds is 3. The summed E-state index contributed by atoms with van der Waals surface area (Å²) in [6, 6.07) is 7.56. The second-order valence-corrected chi connectivity index (χ2v) is 7.72. The first-order chi connectivity index (χ1) is 12.1. The molecule has 1 aliphatic heterocycles. The Morgan fingerprint density at radius 3 is 2.16 bits per heavy atom. The van der Waals surface area contributed by atoms with Gasteiger partial charge in [0.05, 0.1) is 0 Å². The van der Waals surface area contributed by atoms with Crippen LogP contribution in [0.4, 0.5) is 0 Å². The monoisotopic (exact) mass is 338 g/mol. The topological polar surface area (TPSA) is 49.4 Å². The summed E-state index contributed by atoms with van der Waals surface area (Å²) in [5.41, 5.74) is 2.26. The average molecular weight is 338 g/mol. The lowest BCUT2D eigenvalue weighted by atomic mass is 9.88. The van der Waals surface area contributed by atoms with Gasteiger partial charge in [-0.15, -0.1) is 0 Å². The van der Waals surface area contributed by atoms with Gasteiger partial charge in [-0.05, 0) is 31.6 Å². The Morgan fingerprint density at radius 1 is 0.920 bits per heavy atom. The van der Waals surface area contributed by atoms with E-state index < -0.39 is 0 Å². The van der Waals surface area contributed by atoms with Crippen molar-refractivity contribution >= 4 is 11.6 Å². The molecule has 1 aromatic rings. The third kappa shape index (κ3) is 2.99. The van der Waals surface area contributed by atoms with Crippen molar-refractivity contribution < 1.29 is 9.59 Å². The Labute approximate surface area is 149 Å². The summed E-state index contributed by atoms with van der Waals surface area (Å²) in [4.78, 5) is 28.5. The lowest BCUT2D eigenvalue weighted by Gasteiger charge is -2.36. The van der Waals surface area contributed by atoms with Gasteiger partial charge in [0.2, 0.25) is 11.6 Å². The van der Waals surface area contributed by atoms with Gasteiger partial charge >= 0.3 is 0 Å². The van der Waals surface area contributed by atoms with Gasteiger partial charge in [-0.3, -0.25) is 9.59 Å². The second kappa shape index (κ2) is 6.66. The third-order valence-electron chi connectivity index (χ3n) is 5.90. The quantitative estimate of drug-likeness (QED) is 0.916. The normalized spacial score (nSPS) is 22.5. The fraction of sp³-hybridized carbons (Fsp3) is 0.524. The van der Waals surface area contributed by atoms with Crippen LogP contribution in [0, 0.1) is 5.92 Å². The van der Waals surface area contributed by atoms with Gasteiger partial charge in [0.25, 0.3) is 0 Å². The van der Waals surface area contributed by atoms with Gasteiger partial charge in [-0.25, -0.2) is 0 Å². The number of hydrogen-bond donors (Lipinski definition) is 1. The highest BCUT2D eigenvalue weighted by Gasteiger charge is 2.37. The Hall–Kier alpha value is -2.10. The van der Waals surface area contributed by atoms with Gasteiger partial charge < -0.3 is 10.2 Å². The van der Waals surface area contributed by atoms with Crippen molar-refractivity contribution in [3.63, 3.8) is 0 Å². The molecule has 2 aliphatic carbocycles. The van der Waals surface area contributed by atoms with Crippen molar-refractivity contribution in [1.82, 2.24) is 10.2 Å². The van der Waals surface area contributed by atoms with Crippen LogP contribution < -0.4 is 5.32 Å². The Kier molecular flexibility index (Phi) is 4.36. The zero-order valence-electron chi connectivity index (χ0n) is 14.9. The van der Waals surface area contributed by atoms with E-state index in [2.05, 4.69) is 17.1 Å². The molecule has 2 fully saturated rings.